The van der Waals surface area contributed by atoms with Gasteiger partial charge in [0.2, 0.25) is 0 Å². The first-order valence-corrected chi connectivity index (χ1v) is 6.45. The van der Waals surface area contributed by atoms with Gasteiger partial charge in [-0.3, -0.25) is 4.79 Å². The minimum atomic E-state index is -0.422. The Hall–Kier alpha value is -1.91. The zero-order valence-corrected chi connectivity index (χ0v) is 11.5. The van der Waals surface area contributed by atoms with Crippen molar-refractivity contribution in [3.05, 3.63) is 57.8 Å². The molecule has 3 nitrogen and oxygen atoms in total. The Kier molecular flexibility index (Phi) is 3.20. The molecule has 100 valence electrons. The molecule has 3 rings (SSSR count). The van der Waals surface area contributed by atoms with E-state index in [4.69, 9.17) is 23.2 Å². The van der Waals surface area contributed by atoms with E-state index in [1.54, 1.807) is 12.1 Å². The van der Waals surface area contributed by atoms with Crippen LogP contribution in [0.5, 0.6) is 0 Å². The number of aliphatic imine (C=N–C) groups is 1. The van der Waals surface area contributed by atoms with E-state index in [0.29, 0.717) is 27.0 Å². The van der Waals surface area contributed by atoms with Gasteiger partial charge in [0.25, 0.3) is 5.91 Å². The molecule has 1 N–H and O–H groups in total. The molecular weight excluding hydrogens is 302 g/mol. The molecule has 0 aromatic heterocycles. The highest BCUT2D eigenvalue weighted by Crippen LogP contribution is 2.35. The number of halogens is 3. The van der Waals surface area contributed by atoms with Crippen molar-refractivity contribution >= 4 is 46.2 Å². The van der Waals surface area contributed by atoms with Crippen LogP contribution in [0.4, 0.5) is 15.8 Å². The van der Waals surface area contributed by atoms with Crippen LogP contribution in [0.15, 0.2) is 41.4 Å². The third-order valence-corrected chi connectivity index (χ3v) is 3.33. The first kappa shape index (κ1) is 13.1. The predicted molar refractivity (Wildman–Crippen MR) is 77.7 cm³/mol. The molecule has 1 heterocycles. The highest BCUT2D eigenvalue weighted by atomic mass is 35.5. The summed E-state index contributed by atoms with van der Waals surface area (Å²) in [6.45, 7) is 0. The van der Waals surface area contributed by atoms with E-state index in [1.807, 2.05) is 0 Å². The summed E-state index contributed by atoms with van der Waals surface area (Å²) in [7, 11) is 0. The van der Waals surface area contributed by atoms with Gasteiger partial charge in [-0.25, -0.2) is 9.38 Å². The molecule has 0 radical (unpaired) electrons. The lowest BCUT2D eigenvalue weighted by Gasteiger charge is -2.01. The fraction of sp³-hybridized carbons (Fsp3) is 0. The fourth-order valence-corrected chi connectivity index (χ4v) is 2.51. The first-order chi connectivity index (χ1) is 9.54. The molecule has 0 fully saturated rings. The van der Waals surface area contributed by atoms with Crippen LogP contribution in [-0.4, -0.2) is 11.6 Å². The summed E-state index contributed by atoms with van der Waals surface area (Å²) in [5, 5.41) is 3.36. The number of amides is 1. The Morgan fingerprint density at radius 2 is 1.95 bits per heavy atom. The van der Waals surface area contributed by atoms with Crippen LogP contribution in [-0.2, 0) is 4.79 Å². The maximum Gasteiger partial charge on any atom is 0.275 e. The molecule has 0 saturated carbocycles. The Morgan fingerprint density at radius 1 is 1.15 bits per heavy atom. The maximum absolute atomic E-state index is 13.2. The second-order valence-electron chi connectivity index (χ2n) is 4.20. The van der Waals surface area contributed by atoms with Crippen LogP contribution in [0, 0.1) is 5.82 Å². The second-order valence-corrected chi connectivity index (χ2v) is 5.05. The van der Waals surface area contributed by atoms with Crippen LogP contribution in [0.1, 0.15) is 5.56 Å². The number of carbonyl (C=O) groups excluding carboxylic acids is 1. The van der Waals surface area contributed by atoms with Gasteiger partial charge >= 0.3 is 0 Å². The number of hydrogen-bond donors (Lipinski definition) is 1. The number of nitrogens with one attached hydrogen (secondary N) is 1. The Morgan fingerprint density at radius 3 is 2.70 bits per heavy atom. The van der Waals surface area contributed by atoms with E-state index in [1.165, 1.54) is 24.3 Å². The molecule has 20 heavy (non-hydrogen) atoms. The number of benzene rings is 2. The van der Waals surface area contributed by atoms with Gasteiger partial charge in [-0.2, -0.15) is 0 Å². The average Bonchev–Trinajstić information content (AvgIpc) is 2.68. The Bertz CT molecular complexity index is 759. The van der Waals surface area contributed by atoms with E-state index >= 15 is 0 Å². The summed E-state index contributed by atoms with van der Waals surface area (Å²) < 4.78 is 13.2. The van der Waals surface area contributed by atoms with Crippen molar-refractivity contribution in [2.45, 2.75) is 0 Å². The van der Waals surface area contributed by atoms with E-state index in [-0.39, 0.29) is 5.71 Å². The largest absolute Gasteiger partial charge is 0.319 e. The summed E-state index contributed by atoms with van der Waals surface area (Å²) in [4.78, 5) is 16.1. The zero-order chi connectivity index (χ0) is 14.3. The highest BCUT2D eigenvalue weighted by molar-refractivity contribution is 6.56. The van der Waals surface area contributed by atoms with Crippen molar-refractivity contribution in [3.8, 4) is 0 Å². The molecule has 0 spiro atoms. The number of carbonyl (C=O) groups is 1. The number of hydrogen-bond acceptors (Lipinski definition) is 2. The predicted octanol–water partition coefficient (Wildman–Crippen LogP) is 4.21. The van der Waals surface area contributed by atoms with Gasteiger partial charge in [-0.1, -0.05) is 29.3 Å². The van der Waals surface area contributed by atoms with Crippen LogP contribution in [0.25, 0.3) is 0 Å². The van der Waals surface area contributed by atoms with Gasteiger partial charge in [-0.15, -0.1) is 0 Å². The van der Waals surface area contributed by atoms with E-state index in [9.17, 15) is 9.18 Å². The Labute approximate surface area is 124 Å². The standard InChI is InChI=1S/C14H7Cl2FN2O/c15-7-4-10-12(11(16)5-7)19-14(20)13(10)18-9-3-1-2-8(17)6-9/h1-6H,(H,18,19,20). The monoisotopic (exact) mass is 308 g/mol. The lowest BCUT2D eigenvalue weighted by molar-refractivity contribution is -0.110. The quantitative estimate of drug-likeness (QED) is 0.842. The van der Waals surface area contributed by atoms with Gasteiger partial charge in [0, 0.05) is 10.6 Å². The number of nitrogens with zero attached hydrogens (tertiary/aromatic N) is 1. The molecule has 0 bridgehead atoms. The summed E-state index contributed by atoms with van der Waals surface area (Å²) in [6.07, 6.45) is 0. The minimum Gasteiger partial charge on any atom is -0.319 e. The van der Waals surface area contributed by atoms with Crippen molar-refractivity contribution in [1.82, 2.24) is 0 Å². The molecule has 2 aromatic rings. The molecule has 6 heteroatoms. The van der Waals surface area contributed by atoms with Gasteiger partial charge in [0.1, 0.15) is 11.5 Å². The Balaban J connectivity index is 2.15. The lowest BCUT2D eigenvalue weighted by Crippen LogP contribution is -2.13. The molecule has 0 atom stereocenters. The highest BCUT2D eigenvalue weighted by Gasteiger charge is 2.28. The van der Waals surface area contributed by atoms with Crippen molar-refractivity contribution in [3.63, 3.8) is 0 Å². The lowest BCUT2D eigenvalue weighted by atomic mass is 10.1. The number of anilines is 1. The van der Waals surface area contributed by atoms with E-state index < -0.39 is 11.7 Å². The van der Waals surface area contributed by atoms with E-state index in [0.717, 1.165) is 0 Å². The van der Waals surface area contributed by atoms with E-state index in [2.05, 4.69) is 10.3 Å². The third kappa shape index (κ3) is 2.28. The second kappa shape index (κ2) is 4.89. The summed E-state index contributed by atoms with van der Waals surface area (Å²) in [5.41, 5.74) is 1.49. The average molecular weight is 309 g/mol. The van der Waals surface area contributed by atoms with Crippen molar-refractivity contribution in [2.24, 2.45) is 4.99 Å². The fourth-order valence-electron chi connectivity index (χ4n) is 1.97. The van der Waals surface area contributed by atoms with Crippen LogP contribution < -0.4 is 5.32 Å². The molecule has 0 saturated heterocycles. The number of fused-ring (bicyclic) bond motifs is 1. The summed E-state index contributed by atoms with van der Waals surface area (Å²) in [5.74, 6) is -0.817. The third-order valence-electron chi connectivity index (χ3n) is 2.81. The zero-order valence-electron chi connectivity index (χ0n) is 9.95. The molecular formula is C14H7Cl2FN2O. The molecule has 0 aliphatic carbocycles. The van der Waals surface area contributed by atoms with Gasteiger partial charge in [0.05, 0.1) is 16.4 Å². The maximum atomic E-state index is 13.2. The minimum absolute atomic E-state index is 0.162. The van der Waals surface area contributed by atoms with Gasteiger partial charge in [0.15, 0.2) is 0 Å². The van der Waals surface area contributed by atoms with Crippen molar-refractivity contribution in [2.75, 3.05) is 5.32 Å². The van der Waals surface area contributed by atoms with Gasteiger partial charge < -0.3 is 5.32 Å². The van der Waals surface area contributed by atoms with Crippen molar-refractivity contribution in [1.29, 1.82) is 0 Å². The smallest absolute Gasteiger partial charge is 0.275 e. The van der Waals surface area contributed by atoms with Crippen LogP contribution in [0.2, 0.25) is 10.0 Å². The van der Waals surface area contributed by atoms with Crippen LogP contribution >= 0.6 is 23.2 Å². The topological polar surface area (TPSA) is 41.5 Å². The summed E-state index contributed by atoms with van der Waals surface area (Å²) in [6, 6.07) is 8.80. The molecule has 1 aliphatic rings. The molecule has 0 unspecified atom stereocenters. The van der Waals surface area contributed by atoms with Crippen molar-refractivity contribution < 1.29 is 9.18 Å². The van der Waals surface area contributed by atoms with Crippen LogP contribution in [0.3, 0.4) is 0 Å². The number of rotatable bonds is 1. The normalized spacial score (nSPS) is 15.3. The van der Waals surface area contributed by atoms with Gasteiger partial charge in [-0.05, 0) is 30.3 Å². The molecule has 1 amide bonds. The molecule has 1 aliphatic heterocycles. The first-order valence-electron chi connectivity index (χ1n) is 5.69. The molecule has 2 aromatic carbocycles. The SMILES string of the molecule is O=C1Nc2c(Cl)cc(Cl)cc2C1=Nc1cccc(F)c1. The summed E-state index contributed by atoms with van der Waals surface area (Å²) >= 11 is 12.0.